The largest absolute Gasteiger partial charge is 0.496 e. The zero-order chi connectivity index (χ0) is 28.1. The van der Waals surface area contributed by atoms with Gasteiger partial charge in [-0.05, 0) is 80.0 Å². The van der Waals surface area contributed by atoms with Crippen LogP contribution >= 0.6 is 0 Å². The van der Waals surface area contributed by atoms with Crippen molar-refractivity contribution in [2.75, 3.05) is 26.9 Å². The summed E-state index contributed by atoms with van der Waals surface area (Å²) < 4.78 is 10.9. The number of H-pyrrole nitrogens is 1. The van der Waals surface area contributed by atoms with Crippen molar-refractivity contribution in [3.8, 4) is 11.8 Å². The first kappa shape index (κ1) is 26.4. The fraction of sp³-hybridized carbons (Fsp3) is 0.452. The molecule has 3 heterocycles. The molecule has 208 valence electrons. The number of hydrogen-bond donors (Lipinski definition) is 3. The van der Waals surface area contributed by atoms with Crippen LogP contribution in [0, 0.1) is 29.6 Å². The van der Waals surface area contributed by atoms with Crippen LogP contribution in [0.3, 0.4) is 0 Å². The highest BCUT2D eigenvalue weighted by Gasteiger charge is 2.50. The van der Waals surface area contributed by atoms with Crippen molar-refractivity contribution in [1.29, 1.82) is 5.26 Å². The average Bonchev–Trinajstić information content (AvgIpc) is 3.41. The number of aromatic nitrogens is 1. The summed E-state index contributed by atoms with van der Waals surface area (Å²) in [6.07, 6.45) is 5.83. The third-order valence-electron chi connectivity index (χ3n) is 9.25. The molecule has 1 aliphatic carbocycles. The van der Waals surface area contributed by atoms with Gasteiger partial charge in [-0.15, -0.1) is 0 Å². The number of nitriles is 1. The topological polar surface area (TPSA) is 128 Å². The molecule has 9 nitrogen and oxygen atoms in total. The number of carbonyl (C=O) groups is 2. The first-order chi connectivity index (χ1) is 19.3. The molecule has 6 rings (SSSR count). The monoisotopic (exact) mass is 542 g/mol. The minimum absolute atomic E-state index is 0.0359. The Morgan fingerprint density at radius 2 is 1.98 bits per heavy atom. The van der Waals surface area contributed by atoms with E-state index in [1.54, 1.807) is 19.2 Å². The quantitative estimate of drug-likeness (QED) is 0.406. The average molecular weight is 543 g/mol. The Balaban J connectivity index is 1.28. The maximum atomic E-state index is 12.9. The molecule has 40 heavy (non-hydrogen) atoms. The summed E-state index contributed by atoms with van der Waals surface area (Å²) in [7, 11) is 1.71. The van der Waals surface area contributed by atoms with Crippen LogP contribution in [0.25, 0.3) is 10.9 Å². The van der Waals surface area contributed by atoms with Gasteiger partial charge in [0, 0.05) is 46.7 Å². The lowest BCUT2D eigenvalue weighted by Gasteiger charge is -2.53. The van der Waals surface area contributed by atoms with E-state index in [9.17, 15) is 20.0 Å². The van der Waals surface area contributed by atoms with Crippen molar-refractivity contribution in [2.45, 2.75) is 50.7 Å². The van der Waals surface area contributed by atoms with Gasteiger partial charge in [-0.1, -0.05) is 12.1 Å². The van der Waals surface area contributed by atoms with Gasteiger partial charge in [-0.25, -0.2) is 4.79 Å². The molecule has 3 aromatic rings. The van der Waals surface area contributed by atoms with E-state index < -0.39 is 17.4 Å². The standard InChI is InChI=1S/C31H34N4O5/c1-19-11-26(39-2)24(23-7-9-33-27(19)23)16-35-10-8-30(12-20(13-30)15-32)14-25(35)21-3-5-22(6-4-21)28(36)34-31(29(37)38)17-40-18-31/h3-7,9,11,20,25,33H,8,10,12-14,16-18H2,1-2H3,(H,34,36)(H,37,38)/t20?,25-,30?/m0/s1. The Bertz CT molecular complexity index is 1490. The Morgan fingerprint density at radius 3 is 2.60 bits per heavy atom. The second-order valence-electron chi connectivity index (χ2n) is 11.8. The number of carbonyl (C=O) groups excluding carboxylic acids is 1. The van der Waals surface area contributed by atoms with Crippen molar-refractivity contribution < 1.29 is 24.2 Å². The summed E-state index contributed by atoms with van der Waals surface area (Å²) in [6.45, 7) is 3.62. The highest BCUT2D eigenvalue weighted by molar-refractivity contribution is 5.98. The highest BCUT2D eigenvalue weighted by Crippen LogP contribution is 2.56. The maximum absolute atomic E-state index is 12.9. The van der Waals surface area contributed by atoms with Crippen molar-refractivity contribution in [3.63, 3.8) is 0 Å². The van der Waals surface area contributed by atoms with Crippen LogP contribution in [0.5, 0.6) is 5.75 Å². The zero-order valence-corrected chi connectivity index (χ0v) is 22.8. The summed E-state index contributed by atoms with van der Waals surface area (Å²) in [5.74, 6) is -0.515. The highest BCUT2D eigenvalue weighted by atomic mass is 16.5. The number of nitrogens with zero attached hydrogens (tertiary/aromatic N) is 2. The fourth-order valence-electron chi connectivity index (χ4n) is 6.83. The van der Waals surface area contributed by atoms with Gasteiger partial charge in [0.1, 0.15) is 5.75 Å². The summed E-state index contributed by atoms with van der Waals surface area (Å²) in [6, 6.07) is 14.2. The molecule has 3 fully saturated rings. The number of benzene rings is 2. The third kappa shape index (κ3) is 4.41. The van der Waals surface area contributed by atoms with E-state index >= 15 is 0 Å². The summed E-state index contributed by atoms with van der Waals surface area (Å²) in [5.41, 5.74) is 3.72. The van der Waals surface area contributed by atoms with Crippen molar-refractivity contribution >= 4 is 22.8 Å². The van der Waals surface area contributed by atoms with Crippen LogP contribution < -0.4 is 10.1 Å². The number of hydrogen-bond acceptors (Lipinski definition) is 6. The van der Waals surface area contributed by atoms with Crippen LogP contribution in [0.2, 0.25) is 0 Å². The van der Waals surface area contributed by atoms with Crippen molar-refractivity contribution in [2.24, 2.45) is 11.3 Å². The molecule has 9 heteroatoms. The first-order valence-corrected chi connectivity index (χ1v) is 13.8. The number of carboxylic acids is 1. The molecule has 2 aliphatic heterocycles. The molecule has 2 aromatic carbocycles. The maximum Gasteiger partial charge on any atom is 0.334 e. The Labute approximate surface area is 233 Å². The minimum atomic E-state index is -1.36. The Morgan fingerprint density at radius 1 is 1.23 bits per heavy atom. The van der Waals surface area contributed by atoms with E-state index in [1.807, 2.05) is 18.3 Å². The second-order valence-corrected chi connectivity index (χ2v) is 11.8. The number of nitrogens with one attached hydrogen (secondary N) is 2. The molecular weight excluding hydrogens is 508 g/mol. The molecule has 1 aromatic heterocycles. The first-order valence-electron chi connectivity index (χ1n) is 13.8. The molecule has 3 aliphatic rings. The molecule has 0 radical (unpaired) electrons. The zero-order valence-electron chi connectivity index (χ0n) is 22.8. The number of amides is 1. The van der Waals surface area contributed by atoms with Gasteiger partial charge in [0.15, 0.2) is 5.54 Å². The predicted octanol–water partition coefficient (Wildman–Crippen LogP) is 4.33. The van der Waals surface area contributed by atoms with Gasteiger partial charge in [0.25, 0.3) is 5.91 Å². The number of piperidine rings is 1. The summed E-state index contributed by atoms with van der Waals surface area (Å²) in [4.78, 5) is 30.4. The van der Waals surface area contributed by atoms with E-state index in [2.05, 4.69) is 40.3 Å². The lowest BCUT2D eigenvalue weighted by molar-refractivity contribution is -0.164. The molecule has 1 spiro atoms. The van der Waals surface area contributed by atoms with Gasteiger partial charge in [-0.3, -0.25) is 9.69 Å². The van der Waals surface area contributed by atoms with Crippen LogP contribution in [0.15, 0.2) is 42.6 Å². The van der Waals surface area contributed by atoms with Crippen LogP contribution in [0.1, 0.15) is 58.8 Å². The number of methoxy groups -OCH3 is 1. The van der Waals surface area contributed by atoms with Crippen molar-refractivity contribution in [1.82, 2.24) is 15.2 Å². The molecule has 0 unspecified atom stereocenters. The van der Waals surface area contributed by atoms with Gasteiger partial charge in [0.05, 0.1) is 26.4 Å². The fourth-order valence-corrected chi connectivity index (χ4v) is 6.83. The second kappa shape index (κ2) is 9.95. The van der Waals surface area contributed by atoms with E-state index in [-0.39, 0.29) is 30.6 Å². The third-order valence-corrected chi connectivity index (χ3v) is 9.25. The number of likely N-dealkylation sites (tertiary alicyclic amines) is 1. The van der Waals surface area contributed by atoms with Gasteiger partial charge >= 0.3 is 5.97 Å². The lowest BCUT2D eigenvalue weighted by atomic mass is 9.56. The number of ether oxygens (including phenoxy) is 2. The predicted molar refractivity (Wildman–Crippen MR) is 148 cm³/mol. The molecule has 1 atom stereocenters. The minimum Gasteiger partial charge on any atom is -0.496 e. The van der Waals surface area contributed by atoms with Crippen molar-refractivity contribution in [3.05, 3.63) is 64.8 Å². The number of aliphatic carboxylic acids is 1. The van der Waals surface area contributed by atoms with Crippen LogP contribution in [0.4, 0.5) is 0 Å². The normalized spacial score (nSPS) is 25.5. The smallest absolute Gasteiger partial charge is 0.334 e. The SMILES string of the molecule is COc1cc(C)c2[nH]ccc2c1CN1CCC2(CC(C#N)C2)C[C@H]1c1ccc(C(=O)NC2(C(=O)O)COC2)cc1. The molecule has 3 N–H and O–H groups in total. The van der Waals surface area contributed by atoms with Crippen LogP contribution in [-0.4, -0.2) is 59.3 Å². The van der Waals surface area contributed by atoms with E-state index in [0.717, 1.165) is 65.6 Å². The summed E-state index contributed by atoms with van der Waals surface area (Å²) >= 11 is 0. The molecular formula is C31H34N4O5. The number of aryl methyl sites for hydroxylation is 1. The number of aromatic amines is 1. The Kier molecular flexibility index (Phi) is 6.56. The lowest BCUT2D eigenvalue weighted by Crippen LogP contribution is -2.67. The molecule has 0 bridgehead atoms. The Hall–Kier alpha value is -3.87. The molecule has 2 saturated heterocycles. The van der Waals surface area contributed by atoms with Gasteiger partial charge < -0.3 is 24.9 Å². The molecule has 1 saturated carbocycles. The van der Waals surface area contributed by atoms with Gasteiger partial charge in [-0.2, -0.15) is 5.26 Å². The van der Waals surface area contributed by atoms with Crippen LogP contribution in [-0.2, 0) is 16.1 Å². The van der Waals surface area contributed by atoms with E-state index in [1.165, 1.54) is 0 Å². The number of rotatable bonds is 7. The molecule has 1 amide bonds. The summed E-state index contributed by atoms with van der Waals surface area (Å²) in [5, 5.41) is 22.8. The number of fused-ring (bicyclic) bond motifs is 1. The van der Waals surface area contributed by atoms with E-state index in [0.29, 0.717) is 12.1 Å². The van der Waals surface area contributed by atoms with Gasteiger partial charge in [0.2, 0.25) is 0 Å². The van der Waals surface area contributed by atoms with E-state index in [4.69, 9.17) is 9.47 Å². The number of carboxylic acid groups (broad SMARTS) is 1.